The monoisotopic (exact) mass is 302 g/mol. The molecule has 1 amide bonds. The van der Waals surface area contributed by atoms with Crippen molar-refractivity contribution in [2.45, 2.75) is 39.5 Å². The quantitative estimate of drug-likeness (QED) is 0.428. The number of hydrogen-bond donors (Lipinski definition) is 2. The van der Waals surface area contributed by atoms with E-state index in [2.05, 4.69) is 19.6 Å². The van der Waals surface area contributed by atoms with Gasteiger partial charge in [-0.05, 0) is 12.8 Å². The van der Waals surface area contributed by atoms with Gasteiger partial charge in [0.2, 0.25) is 0 Å². The molecule has 0 aromatic heterocycles. The third-order valence-electron chi connectivity index (χ3n) is 1.25. The second kappa shape index (κ2) is 20.0. The fourth-order valence-electron chi connectivity index (χ4n) is 0.524. The first-order valence-electron chi connectivity index (χ1n) is 4.87. The molecule has 0 aliphatic rings. The minimum atomic E-state index is -1.33. The van der Waals surface area contributed by atoms with Crippen LogP contribution in [0.25, 0.3) is 0 Å². The molecule has 3 N–H and O–H groups in total. The van der Waals surface area contributed by atoms with Crippen LogP contribution in [0.15, 0.2) is 0 Å². The molecular weight excluding hydrogens is 282 g/mol. The molecule has 0 aromatic rings. The second-order valence-corrected chi connectivity index (χ2v) is 5.39. The summed E-state index contributed by atoms with van der Waals surface area (Å²) in [7, 11) is 4.07. The molecule has 0 rings (SSSR count). The molecule has 0 heterocycles. The SMILES string of the molecule is CCCCSSCCCC.NC(=O)O.[Cu]. The van der Waals surface area contributed by atoms with Crippen LogP contribution in [0.4, 0.5) is 4.79 Å². The van der Waals surface area contributed by atoms with E-state index in [1.165, 1.54) is 37.2 Å². The van der Waals surface area contributed by atoms with Crippen LogP contribution >= 0.6 is 21.6 Å². The Labute approximate surface area is 111 Å². The van der Waals surface area contributed by atoms with Gasteiger partial charge in [-0.3, -0.25) is 0 Å². The Morgan fingerprint density at radius 3 is 1.60 bits per heavy atom. The maximum Gasteiger partial charge on any atom is 0.402 e. The van der Waals surface area contributed by atoms with Crippen LogP contribution in [0.3, 0.4) is 0 Å². The van der Waals surface area contributed by atoms with Gasteiger partial charge in [0, 0.05) is 28.6 Å². The molecule has 0 fully saturated rings. The van der Waals surface area contributed by atoms with Gasteiger partial charge < -0.3 is 10.8 Å². The van der Waals surface area contributed by atoms with E-state index in [-0.39, 0.29) is 17.1 Å². The van der Waals surface area contributed by atoms with E-state index in [0.717, 1.165) is 0 Å². The zero-order valence-corrected chi connectivity index (χ0v) is 11.9. The van der Waals surface area contributed by atoms with Gasteiger partial charge in [0.15, 0.2) is 0 Å². The molecule has 0 aliphatic carbocycles. The van der Waals surface area contributed by atoms with Gasteiger partial charge in [-0.2, -0.15) is 0 Å². The van der Waals surface area contributed by atoms with Crippen LogP contribution in [0.1, 0.15) is 39.5 Å². The Kier molecular flexibility index (Phi) is 27.8. The summed E-state index contributed by atoms with van der Waals surface area (Å²) in [6.07, 6.45) is 4.09. The topological polar surface area (TPSA) is 63.3 Å². The summed E-state index contributed by atoms with van der Waals surface area (Å²) < 4.78 is 0. The van der Waals surface area contributed by atoms with Crippen molar-refractivity contribution in [2.75, 3.05) is 11.5 Å². The minimum absolute atomic E-state index is 0. The zero-order valence-electron chi connectivity index (χ0n) is 9.29. The normalized spacial score (nSPS) is 8.40. The summed E-state index contributed by atoms with van der Waals surface area (Å²) in [5.41, 5.74) is 4.03. The Morgan fingerprint density at radius 2 is 1.40 bits per heavy atom. The molecule has 0 bridgehead atoms. The van der Waals surface area contributed by atoms with Gasteiger partial charge in [0.25, 0.3) is 0 Å². The van der Waals surface area contributed by atoms with Crippen LogP contribution in [-0.4, -0.2) is 22.7 Å². The van der Waals surface area contributed by atoms with Gasteiger partial charge in [-0.15, -0.1) is 0 Å². The van der Waals surface area contributed by atoms with Gasteiger partial charge in [0.05, 0.1) is 0 Å². The summed E-state index contributed by atoms with van der Waals surface area (Å²) in [5, 5.41) is 7.19. The number of carboxylic acid groups (broad SMARTS) is 1. The van der Waals surface area contributed by atoms with Gasteiger partial charge in [-0.25, -0.2) is 4.79 Å². The first kappa shape index (κ1) is 20.8. The molecule has 6 heteroatoms. The third-order valence-corrected chi connectivity index (χ3v) is 3.82. The number of hydrogen-bond acceptors (Lipinski definition) is 3. The first-order chi connectivity index (χ1) is 6.65. The van der Waals surface area contributed by atoms with Crippen molar-refractivity contribution in [3.8, 4) is 0 Å². The van der Waals surface area contributed by atoms with Crippen molar-refractivity contribution in [1.29, 1.82) is 0 Å². The van der Waals surface area contributed by atoms with E-state index in [1.807, 2.05) is 21.6 Å². The maximum atomic E-state index is 8.78. The average Bonchev–Trinajstić information content (AvgIpc) is 2.10. The van der Waals surface area contributed by atoms with Crippen LogP contribution < -0.4 is 5.73 Å². The van der Waals surface area contributed by atoms with E-state index in [1.54, 1.807) is 0 Å². The van der Waals surface area contributed by atoms with Crippen molar-refractivity contribution in [3.63, 3.8) is 0 Å². The molecule has 0 aliphatic heterocycles. The zero-order chi connectivity index (χ0) is 11.2. The van der Waals surface area contributed by atoms with Gasteiger partial charge in [-0.1, -0.05) is 48.3 Å². The van der Waals surface area contributed by atoms with Gasteiger partial charge in [0.1, 0.15) is 0 Å². The predicted molar refractivity (Wildman–Crippen MR) is 66.9 cm³/mol. The van der Waals surface area contributed by atoms with Crippen molar-refractivity contribution in [1.82, 2.24) is 0 Å². The van der Waals surface area contributed by atoms with Crippen LogP contribution in [0.5, 0.6) is 0 Å². The summed E-state index contributed by atoms with van der Waals surface area (Å²) in [6.45, 7) is 4.49. The molecule has 97 valence electrons. The number of primary amides is 1. The molecule has 1 radical (unpaired) electrons. The Morgan fingerprint density at radius 1 is 1.13 bits per heavy atom. The summed E-state index contributed by atoms with van der Waals surface area (Å²) in [6, 6.07) is 0. The smallest absolute Gasteiger partial charge is 0.402 e. The molecule has 3 nitrogen and oxygen atoms in total. The summed E-state index contributed by atoms with van der Waals surface area (Å²) >= 11 is 0. The Hall–Kier alpha value is 0.489. The predicted octanol–water partition coefficient (Wildman–Crippen LogP) is 3.59. The second-order valence-electron chi connectivity index (χ2n) is 2.69. The van der Waals surface area contributed by atoms with Crippen molar-refractivity contribution < 1.29 is 27.0 Å². The molecule has 0 atom stereocenters. The maximum absolute atomic E-state index is 8.78. The number of carbonyl (C=O) groups is 1. The van der Waals surface area contributed by atoms with Crippen LogP contribution in [-0.2, 0) is 17.1 Å². The number of unbranched alkanes of at least 4 members (excludes halogenated alkanes) is 2. The molecule has 0 spiro atoms. The Bertz CT molecular complexity index is 117. The van der Waals surface area contributed by atoms with Crippen molar-refractivity contribution in [3.05, 3.63) is 0 Å². The van der Waals surface area contributed by atoms with Crippen LogP contribution in [0.2, 0.25) is 0 Å². The molecule has 0 saturated carbocycles. The van der Waals surface area contributed by atoms with Gasteiger partial charge >= 0.3 is 6.09 Å². The van der Waals surface area contributed by atoms with E-state index in [9.17, 15) is 0 Å². The summed E-state index contributed by atoms with van der Waals surface area (Å²) in [5.74, 6) is 2.68. The van der Waals surface area contributed by atoms with Crippen molar-refractivity contribution in [2.24, 2.45) is 5.73 Å². The van der Waals surface area contributed by atoms with E-state index >= 15 is 0 Å². The fourth-order valence-corrected chi connectivity index (χ4v) is 2.99. The number of nitrogens with two attached hydrogens (primary N) is 1. The number of rotatable bonds is 7. The van der Waals surface area contributed by atoms with E-state index in [0.29, 0.717) is 0 Å². The standard InChI is InChI=1S/C8H18S2.CH3NO2.Cu/c1-3-5-7-9-10-8-6-4-2;2-1(3)4;/h3-8H2,1-2H3;2H2,(H,3,4);. The van der Waals surface area contributed by atoms with Crippen molar-refractivity contribution >= 4 is 27.7 Å². The molecule has 0 aromatic carbocycles. The Balaban J connectivity index is -0.000000249. The number of amides is 1. The average molecular weight is 303 g/mol. The van der Waals surface area contributed by atoms with E-state index < -0.39 is 6.09 Å². The minimum Gasteiger partial charge on any atom is -0.465 e. The molecular formula is C9H21CuNO2S2. The molecule has 0 unspecified atom stereocenters. The summed E-state index contributed by atoms with van der Waals surface area (Å²) in [4.78, 5) is 8.78. The first-order valence-corrected chi connectivity index (χ1v) is 7.36. The largest absolute Gasteiger partial charge is 0.465 e. The third kappa shape index (κ3) is 40.3. The molecule has 15 heavy (non-hydrogen) atoms. The molecule has 0 saturated heterocycles. The fraction of sp³-hybridized carbons (Fsp3) is 0.889. The van der Waals surface area contributed by atoms with E-state index in [4.69, 9.17) is 9.90 Å². The van der Waals surface area contributed by atoms with Crippen LogP contribution in [0, 0.1) is 0 Å².